The van der Waals surface area contributed by atoms with Crippen LogP contribution >= 0.6 is 11.6 Å². The van der Waals surface area contributed by atoms with Gasteiger partial charge in [0, 0.05) is 6.54 Å². The molecule has 1 unspecified atom stereocenters. The van der Waals surface area contributed by atoms with E-state index in [4.69, 9.17) is 16.3 Å². The van der Waals surface area contributed by atoms with Crippen LogP contribution in [0.25, 0.3) is 0 Å². The molecule has 0 spiro atoms. The molecular weight excluding hydrogens is 348 g/mol. The molecular formula is C21H25ClN2O2. The van der Waals surface area contributed by atoms with Crippen molar-refractivity contribution in [2.45, 2.75) is 25.3 Å². The summed E-state index contributed by atoms with van der Waals surface area (Å²) in [6, 6.07) is 15.4. The summed E-state index contributed by atoms with van der Waals surface area (Å²) >= 11 is 6.15. The Labute approximate surface area is 160 Å². The third-order valence-corrected chi connectivity index (χ3v) is 5.21. The van der Waals surface area contributed by atoms with Crippen molar-refractivity contribution in [3.63, 3.8) is 0 Å². The first kappa shape index (κ1) is 18.7. The highest BCUT2D eigenvalue weighted by Gasteiger charge is 2.23. The van der Waals surface area contributed by atoms with Gasteiger partial charge >= 0.3 is 0 Å². The first-order valence-electron chi connectivity index (χ1n) is 9.10. The van der Waals surface area contributed by atoms with Crippen LogP contribution in [0, 0.1) is 0 Å². The second kappa shape index (κ2) is 9.06. The quantitative estimate of drug-likeness (QED) is 0.821. The zero-order chi connectivity index (χ0) is 18.4. The molecule has 4 nitrogen and oxygen atoms in total. The van der Waals surface area contributed by atoms with Gasteiger partial charge in [-0.3, -0.25) is 9.69 Å². The van der Waals surface area contributed by atoms with Crippen molar-refractivity contribution in [1.29, 1.82) is 0 Å². The Bertz CT molecular complexity index is 744. The topological polar surface area (TPSA) is 41.6 Å². The van der Waals surface area contributed by atoms with Crippen LogP contribution < -0.4 is 10.1 Å². The number of rotatable bonds is 6. The molecule has 0 bridgehead atoms. The lowest BCUT2D eigenvalue weighted by molar-refractivity contribution is 0.0924. The van der Waals surface area contributed by atoms with Crippen LogP contribution in [0.2, 0.25) is 5.02 Å². The molecule has 1 saturated heterocycles. The van der Waals surface area contributed by atoms with Crippen molar-refractivity contribution in [3.05, 3.63) is 64.7 Å². The van der Waals surface area contributed by atoms with Gasteiger partial charge in [0.05, 0.1) is 23.7 Å². The number of benzene rings is 2. The molecule has 1 aliphatic rings. The summed E-state index contributed by atoms with van der Waals surface area (Å²) in [4.78, 5) is 15.0. The van der Waals surface area contributed by atoms with Crippen molar-refractivity contribution in [2.24, 2.45) is 0 Å². The highest BCUT2D eigenvalue weighted by Crippen LogP contribution is 2.27. The number of halogens is 1. The van der Waals surface area contributed by atoms with Crippen molar-refractivity contribution in [3.8, 4) is 5.75 Å². The average molecular weight is 373 g/mol. The summed E-state index contributed by atoms with van der Waals surface area (Å²) in [6.45, 7) is 2.63. The monoisotopic (exact) mass is 372 g/mol. The molecule has 1 aliphatic heterocycles. The fourth-order valence-corrected chi connectivity index (χ4v) is 3.69. The molecule has 1 heterocycles. The highest BCUT2D eigenvalue weighted by atomic mass is 35.5. The number of nitrogens with one attached hydrogen (secondary N) is 1. The van der Waals surface area contributed by atoms with E-state index in [9.17, 15) is 4.79 Å². The molecule has 2 aromatic rings. The number of piperidine rings is 1. The minimum Gasteiger partial charge on any atom is -0.497 e. The molecule has 1 amide bonds. The molecule has 26 heavy (non-hydrogen) atoms. The van der Waals surface area contributed by atoms with E-state index in [-0.39, 0.29) is 11.9 Å². The number of ether oxygens (including phenoxy) is 1. The maximum Gasteiger partial charge on any atom is 0.252 e. The summed E-state index contributed by atoms with van der Waals surface area (Å²) in [5.41, 5.74) is 1.67. The smallest absolute Gasteiger partial charge is 0.252 e. The lowest BCUT2D eigenvalue weighted by Gasteiger charge is -2.35. The van der Waals surface area contributed by atoms with Gasteiger partial charge in [-0.05, 0) is 55.8 Å². The van der Waals surface area contributed by atoms with E-state index >= 15 is 0 Å². The molecule has 0 aromatic heterocycles. The predicted octanol–water partition coefficient (Wildman–Crippen LogP) is 4.31. The van der Waals surface area contributed by atoms with Gasteiger partial charge in [0.25, 0.3) is 5.91 Å². The van der Waals surface area contributed by atoms with E-state index in [2.05, 4.69) is 22.3 Å². The zero-order valence-electron chi connectivity index (χ0n) is 15.1. The summed E-state index contributed by atoms with van der Waals surface area (Å²) in [7, 11) is 1.67. The Hall–Kier alpha value is -2.04. The fourth-order valence-electron chi connectivity index (χ4n) is 3.47. The molecule has 1 fully saturated rings. The first-order chi connectivity index (χ1) is 12.7. The Morgan fingerprint density at radius 1 is 1.15 bits per heavy atom. The van der Waals surface area contributed by atoms with Crippen molar-refractivity contribution in [2.75, 3.05) is 26.7 Å². The van der Waals surface area contributed by atoms with Gasteiger partial charge < -0.3 is 10.1 Å². The van der Waals surface area contributed by atoms with Crippen LogP contribution in [0.4, 0.5) is 0 Å². The zero-order valence-corrected chi connectivity index (χ0v) is 15.8. The van der Waals surface area contributed by atoms with Gasteiger partial charge in [0.2, 0.25) is 0 Å². The average Bonchev–Trinajstić information content (AvgIpc) is 2.69. The number of nitrogens with zero attached hydrogens (tertiary/aromatic N) is 1. The maximum atomic E-state index is 12.6. The van der Waals surface area contributed by atoms with Crippen LogP contribution in [-0.2, 0) is 0 Å². The minimum absolute atomic E-state index is 0.122. The fraction of sp³-hybridized carbons (Fsp3) is 0.381. The highest BCUT2D eigenvalue weighted by molar-refractivity contribution is 6.33. The number of hydrogen-bond acceptors (Lipinski definition) is 3. The molecule has 0 aliphatic carbocycles. The number of likely N-dealkylation sites (tertiary alicyclic amines) is 1. The lowest BCUT2D eigenvalue weighted by Crippen LogP contribution is -2.40. The lowest BCUT2D eigenvalue weighted by atomic mass is 10.0. The summed E-state index contributed by atoms with van der Waals surface area (Å²) in [5.74, 6) is 0.697. The van der Waals surface area contributed by atoms with Gasteiger partial charge in [0.15, 0.2) is 0 Å². The molecule has 1 atom stereocenters. The second-order valence-electron chi connectivity index (χ2n) is 6.58. The molecule has 0 saturated carbocycles. The maximum absolute atomic E-state index is 12.6. The third-order valence-electron chi connectivity index (χ3n) is 4.88. The van der Waals surface area contributed by atoms with E-state index in [0.29, 0.717) is 17.1 Å². The molecule has 0 radical (unpaired) electrons. The second-order valence-corrected chi connectivity index (χ2v) is 6.99. The van der Waals surface area contributed by atoms with Gasteiger partial charge in [0.1, 0.15) is 5.75 Å². The van der Waals surface area contributed by atoms with Crippen molar-refractivity contribution >= 4 is 17.5 Å². The Morgan fingerprint density at radius 3 is 2.65 bits per heavy atom. The van der Waals surface area contributed by atoms with E-state index in [1.807, 2.05) is 24.3 Å². The summed E-state index contributed by atoms with van der Waals surface area (Å²) in [5, 5.41) is 3.54. The molecule has 138 valence electrons. The van der Waals surface area contributed by atoms with Crippen LogP contribution in [0.5, 0.6) is 5.75 Å². The molecule has 1 N–H and O–H groups in total. The van der Waals surface area contributed by atoms with Gasteiger partial charge in [-0.1, -0.05) is 42.3 Å². The van der Waals surface area contributed by atoms with Crippen LogP contribution in [0.3, 0.4) is 0 Å². The largest absolute Gasteiger partial charge is 0.497 e. The number of hydrogen-bond donors (Lipinski definition) is 1. The molecule has 2 aromatic carbocycles. The van der Waals surface area contributed by atoms with Gasteiger partial charge in [-0.2, -0.15) is 0 Å². The Morgan fingerprint density at radius 2 is 1.92 bits per heavy atom. The van der Waals surface area contributed by atoms with E-state index in [1.165, 1.54) is 19.3 Å². The van der Waals surface area contributed by atoms with Crippen LogP contribution in [0.15, 0.2) is 48.5 Å². The predicted molar refractivity (Wildman–Crippen MR) is 105 cm³/mol. The first-order valence-corrected chi connectivity index (χ1v) is 9.47. The Kier molecular flexibility index (Phi) is 6.53. The minimum atomic E-state index is -0.138. The number of carbonyl (C=O) groups is 1. The SMILES string of the molecule is COc1cccc(C(CNC(=O)c2ccccc2Cl)N2CCCCC2)c1. The molecule has 5 heteroatoms. The van der Waals surface area contributed by atoms with E-state index in [0.717, 1.165) is 24.4 Å². The van der Waals surface area contributed by atoms with Crippen LogP contribution in [0.1, 0.15) is 41.2 Å². The standard InChI is InChI=1S/C21H25ClN2O2/c1-26-17-9-7-8-16(14-17)20(24-12-5-2-6-13-24)15-23-21(25)18-10-3-4-11-19(18)22/h3-4,7-11,14,20H,2,5-6,12-13,15H2,1H3,(H,23,25). The summed E-state index contributed by atoms with van der Waals surface area (Å²) < 4.78 is 5.38. The Balaban J connectivity index is 1.77. The van der Waals surface area contributed by atoms with E-state index < -0.39 is 0 Å². The van der Waals surface area contributed by atoms with Crippen LogP contribution in [-0.4, -0.2) is 37.6 Å². The van der Waals surface area contributed by atoms with Gasteiger partial charge in [-0.25, -0.2) is 0 Å². The van der Waals surface area contributed by atoms with Gasteiger partial charge in [-0.15, -0.1) is 0 Å². The number of methoxy groups -OCH3 is 1. The molecule has 3 rings (SSSR count). The van der Waals surface area contributed by atoms with E-state index in [1.54, 1.807) is 19.2 Å². The normalized spacial score (nSPS) is 16.1. The number of amides is 1. The number of carbonyl (C=O) groups excluding carboxylic acids is 1. The summed E-state index contributed by atoms with van der Waals surface area (Å²) in [6.07, 6.45) is 3.66. The van der Waals surface area contributed by atoms with Crippen molar-refractivity contribution < 1.29 is 9.53 Å². The third kappa shape index (κ3) is 4.57. The van der Waals surface area contributed by atoms with Crippen molar-refractivity contribution in [1.82, 2.24) is 10.2 Å².